The minimum Gasteiger partial charge on any atom is -0.385 e. The maximum atomic E-state index is 10.4. The number of aliphatic imine (C=N–C) groups is 1. The molecule has 0 aliphatic carbocycles. The zero-order valence-corrected chi connectivity index (χ0v) is 15.1. The van der Waals surface area contributed by atoms with E-state index in [2.05, 4.69) is 15.2 Å². The summed E-state index contributed by atoms with van der Waals surface area (Å²) in [7, 11) is 0. The Morgan fingerprint density at radius 2 is 2.08 bits per heavy atom. The van der Waals surface area contributed by atoms with Crippen LogP contribution in [0.15, 0.2) is 17.3 Å². The maximum Gasteiger partial charge on any atom is 0.166 e. The van der Waals surface area contributed by atoms with E-state index in [9.17, 15) is 5.11 Å². The monoisotopic (exact) mass is 359 g/mol. The lowest BCUT2D eigenvalue weighted by atomic mass is 10.1. The van der Waals surface area contributed by atoms with Crippen molar-refractivity contribution in [2.75, 3.05) is 37.9 Å². The second-order valence-electron chi connectivity index (χ2n) is 6.63. The minimum absolute atomic E-state index is 0.573. The Labute approximate surface area is 150 Å². The summed E-state index contributed by atoms with van der Waals surface area (Å²) in [6.45, 7) is 7.13. The van der Waals surface area contributed by atoms with Crippen LogP contribution in [-0.4, -0.2) is 54.3 Å². The molecule has 0 bridgehead atoms. The zero-order chi connectivity index (χ0) is 17.4. The van der Waals surface area contributed by atoms with Crippen LogP contribution in [-0.2, 0) is 10.3 Å². The zero-order valence-electron chi connectivity index (χ0n) is 14.3. The standard InChI is InChI=1S/C17H21N5O2S/c1-17(2,23)13-7-12-15(22-3-5-24-6-4-22)20-14(21-16(12)25-13)11-8-18-10-19-9-11/h7-9,18,23H,3-6,10H2,1-2H3. The van der Waals surface area contributed by atoms with E-state index in [1.54, 1.807) is 20.1 Å². The number of nitrogens with one attached hydrogen (secondary N) is 1. The van der Waals surface area contributed by atoms with Crippen molar-refractivity contribution in [3.05, 3.63) is 23.0 Å². The fourth-order valence-electron chi connectivity index (χ4n) is 2.87. The van der Waals surface area contributed by atoms with Gasteiger partial charge < -0.3 is 20.1 Å². The number of thiophene rings is 1. The highest BCUT2D eigenvalue weighted by Crippen LogP contribution is 2.37. The quantitative estimate of drug-likeness (QED) is 0.868. The Bertz CT molecular complexity index is 847. The van der Waals surface area contributed by atoms with Gasteiger partial charge in [0.15, 0.2) is 5.82 Å². The molecule has 4 heterocycles. The van der Waals surface area contributed by atoms with Gasteiger partial charge in [0.1, 0.15) is 17.3 Å². The molecule has 7 nitrogen and oxygen atoms in total. The Kier molecular flexibility index (Phi) is 4.18. The Morgan fingerprint density at radius 1 is 1.28 bits per heavy atom. The van der Waals surface area contributed by atoms with Crippen LogP contribution in [0, 0.1) is 0 Å². The molecule has 1 saturated heterocycles. The van der Waals surface area contributed by atoms with Crippen LogP contribution in [0.4, 0.5) is 5.82 Å². The predicted octanol–water partition coefficient (Wildman–Crippen LogP) is 1.73. The number of hydrogen-bond donors (Lipinski definition) is 2. The second-order valence-corrected chi connectivity index (χ2v) is 7.66. The molecule has 8 heteroatoms. The highest BCUT2D eigenvalue weighted by Gasteiger charge is 2.24. The third-order valence-corrected chi connectivity index (χ3v) is 5.56. The van der Waals surface area contributed by atoms with Crippen molar-refractivity contribution in [2.24, 2.45) is 4.99 Å². The molecule has 2 aliphatic heterocycles. The van der Waals surface area contributed by atoms with Gasteiger partial charge in [-0.25, -0.2) is 9.97 Å². The molecule has 2 N–H and O–H groups in total. The first kappa shape index (κ1) is 16.4. The molecular formula is C17H21N5O2S. The molecule has 0 radical (unpaired) electrons. The lowest BCUT2D eigenvalue weighted by Crippen LogP contribution is -2.37. The fraction of sp³-hybridized carbons (Fsp3) is 0.471. The molecule has 2 aromatic heterocycles. The normalized spacial score (nSPS) is 18.4. The van der Waals surface area contributed by atoms with E-state index < -0.39 is 5.60 Å². The van der Waals surface area contributed by atoms with Gasteiger partial charge in [-0.05, 0) is 19.9 Å². The van der Waals surface area contributed by atoms with E-state index in [1.165, 1.54) is 11.3 Å². The number of morpholine rings is 1. The van der Waals surface area contributed by atoms with Crippen LogP contribution in [0.1, 0.15) is 24.5 Å². The number of anilines is 1. The fourth-order valence-corrected chi connectivity index (χ4v) is 3.89. The lowest BCUT2D eigenvalue weighted by Gasteiger charge is -2.28. The van der Waals surface area contributed by atoms with Gasteiger partial charge >= 0.3 is 0 Å². The average Bonchev–Trinajstić information content (AvgIpc) is 3.07. The van der Waals surface area contributed by atoms with Crippen LogP contribution >= 0.6 is 11.3 Å². The molecule has 25 heavy (non-hydrogen) atoms. The third-order valence-electron chi connectivity index (χ3n) is 4.21. The summed E-state index contributed by atoms with van der Waals surface area (Å²) in [5.41, 5.74) is -0.0399. The summed E-state index contributed by atoms with van der Waals surface area (Å²) in [5.74, 6) is 1.55. The van der Waals surface area contributed by atoms with Crippen LogP contribution in [0.25, 0.3) is 15.8 Å². The summed E-state index contributed by atoms with van der Waals surface area (Å²) in [6, 6.07) is 2.01. The van der Waals surface area contributed by atoms with E-state index in [4.69, 9.17) is 14.7 Å². The van der Waals surface area contributed by atoms with Crippen molar-refractivity contribution in [2.45, 2.75) is 19.4 Å². The first-order chi connectivity index (χ1) is 12.0. The molecule has 0 atom stereocenters. The van der Waals surface area contributed by atoms with E-state index >= 15 is 0 Å². The summed E-state index contributed by atoms with van der Waals surface area (Å²) < 4.78 is 5.47. The number of nitrogens with zero attached hydrogens (tertiary/aromatic N) is 4. The first-order valence-electron chi connectivity index (χ1n) is 8.33. The van der Waals surface area contributed by atoms with E-state index in [0.717, 1.165) is 39.6 Å². The predicted molar refractivity (Wildman–Crippen MR) is 100 cm³/mol. The molecule has 0 unspecified atom stereocenters. The summed E-state index contributed by atoms with van der Waals surface area (Å²) in [6.07, 6.45) is 3.69. The molecule has 1 fully saturated rings. The van der Waals surface area contributed by atoms with Crippen molar-refractivity contribution in [3.63, 3.8) is 0 Å². The highest BCUT2D eigenvalue weighted by molar-refractivity contribution is 7.18. The van der Waals surface area contributed by atoms with Gasteiger partial charge in [-0.1, -0.05) is 0 Å². The molecule has 2 aliphatic rings. The van der Waals surface area contributed by atoms with Crippen molar-refractivity contribution < 1.29 is 9.84 Å². The third kappa shape index (κ3) is 3.24. The van der Waals surface area contributed by atoms with Gasteiger partial charge in [0.25, 0.3) is 0 Å². The van der Waals surface area contributed by atoms with Gasteiger partial charge in [0.05, 0.1) is 29.8 Å². The maximum absolute atomic E-state index is 10.4. The average molecular weight is 359 g/mol. The Balaban J connectivity index is 1.87. The number of rotatable bonds is 3. The summed E-state index contributed by atoms with van der Waals surface area (Å²) in [4.78, 5) is 17.8. The van der Waals surface area contributed by atoms with Gasteiger partial charge in [-0.2, -0.15) is 0 Å². The molecule has 4 rings (SSSR count). The lowest BCUT2D eigenvalue weighted by molar-refractivity contribution is 0.0826. The van der Waals surface area contributed by atoms with Gasteiger partial charge in [0, 0.05) is 30.4 Å². The van der Waals surface area contributed by atoms with Crippen molar-refractivity contribution in [1.29, 1.82) is 0 Å². The summed E-state index contributed by atoms with van der Waals surface area (Å²) >= 11 is 1.51. The SMILES string of the molecule is CC(C)(O)c1cc2c(N3CCOCC3)nc(C3=CNCN=C3)nc2s1. The molecular weight excluding hydrogens is 338 g/mol. The van der Waals surface area contributed by atoms with Crippen molar-refractivity contribution in [3.8, 4) is 0 Å². The second kappa shape index (κ2) is 6.36. The highest BCUT2D eigenvalue weighted by atomic mass is 32.1. The van der Waals surface area contributed by atoms with Gasteiger partial charge in [-0.15, -0.1) is 11.3 Å². The molecule has 0 spiro atoms. The van der Waals surface area contributed by atoms with Crippen molar-refractivity contribution in [1.82, 2.24) is 15.3 Å². The number of ether oxygens (including phenoxy) is 1. The van der Waals surface area contributed by atoms with Crippen LogP contribution in [0.5, 0.6) is 0 Å². The number of aromatic nitrogens is 2. The van der Waals surface area contributed by atoms with Crippen LogP contribution in [0.2, 0.25) is 0 Å². The molecule has 0 aromatic carbocycles. The Morgan fingerprint density at radius 3 is 2.76 bits per heavy atom. The van der Waals surface area contributed by atoms with Crippen LogP contribution < -0.4 is 10.2 Å². The number of hydrogen-bond acceptors (Lipinski definition) is 8. The summed E-state index contributed by atoms with van der Waals surface area (Å²) in [5, 5.41) is 14.5. The molecule has 2 aromatic rings. The van der Waals surface area contributed by atoms with E-state index in [-0.39, 0.29) is 0 Å². The number of allylic oxidation sites excluding steroid dienone is 1. The largest absolute Gasteiger partial charge is 0.385 e. The molecule has 0 amide bonds. The van der Waals surface area contributed by atoms with Crippen LogP contribution in [0.3, 0.4) is 0 Å². The van der Waals surface area contributed by atoms with Gasteiger partial charge in [-0.3, -0.25) is 4.99 Å². The Hall–Kier alpha value is -2.03. The smallest absolute Gasteiger partial charge is 0.166 e. The number of aliphatic hydroxyl groups is 1. The molecule has 0 saturated carbocycles. The van der Waals surface area contributed by atoms with Crippen molar-refractivity contribution >= 4 is 39.2 Å². The first-order valence-corrected chi connectivity index (χ1v) is 9.15. The number of fused-ring (bicyclic) bond motifs is 1. The molecule has 132 valence electrons. The van der Waals surface area contributed by atoms with E-state index in [0.29, 0.717) is 25.7 Å². The topological polar surface area (TPSA) is 82.9 Å². The van der Waals surface area contributed by atoms with Gasteiger partial charge in [0.2, 0.25) is 0 Å². The van der Waals surface area contributed by atoms with E-state index in [1.807, 2.05) is 12.3 Å². The minimum atomic E-state index is -0.902.